The highest BCUT2D eigenvalue weighted by molar-refractivity contribution is 7.14. The summed E-state index contributed by atoms with van der Waals surface area (Å²) in [6.45, 7) is 0.977. The summed E-state index contributed by atoms with van der Waals surface area (Å²) < 4.78 is 0. The summed E-state index contributed by atoms with van der Waals surface area (Å²) in [5, 5.41) is 5.48. The molecule has 100 valence electrons. The SMILES string of the molecule is NCC#Cc1ccc(C(=O)NC2CCCNC2=O)s1. The van der Waals surface area contributed by atoms with Gasteiger partial charge >= 0.3 is 0 Å². The Morgan fingerprint density at radius 3 is 3.16 bits per heavy atom. The lowest BCUT2D eigenvalue weighted by atomic mass is 10.1. The van der Waals surface area contributed by atoms with E-state index in [1.54, 1.807) is 12.1 Å². The molecule has 1 aliphatic rings. The summed E-state index contributed by atoms with van der Waals surface area (Å²) in [6.07, 6.45) is 1.57. The van der Waals surface area contributed by atoms with Crippen molar-refractivity contribution in [2.75, 3.05) is 13.1 Å². The van der Waals surface area contributed by atoms with Crippen molar-refractivity contribution in [2.24, 2.45) is 5.73 Å². The monoisotopic (exact) mass is 277 g/mol. The molecule has 0 spiro atoms. The first-order valence-corrected chi connectivity index (χ1v) is 6.89. The molecule has 0 bridgehead atoms. The van der Waals surface area contributed by atoms with Crippen molar-refractivity contribution in [1.82, 2.24) is 10.6 Å². The molecule has 2 amide bonds. The quantitative estimate of drug-likeness (QED) is 0.669. The molecule has 19 heavy (non-hydrogen) atoms. The molecule has 5 nitrogen and oxygen atoms in total. The zero-order valence-corrected chi connectivity index (χ0v) is 11.2. The number of hydrogen-bond acceptors (Lipinski definition) is 4. The molecule has 4 N–H and O–H groups in total. The molecule has 1 unspecified atom stereocenters. The van der Waals surface area contributed by atoms with Crippen molar-refractivity contribution < 1.29 is 9.59 Å². The molecule has 0 aromatic carbocycles. The second-order valence-electron chi connectivity index (χ2n) is 4.13. The van der Waals surface area contributed by atoms with Crippen LogP contribution in [0.1, 0.15) is 27.4 Å². The second-order valence-corrected chi connectivity index (χ2v) is 5.21. The minimum atomic E-state index is -0.429. The van der Waals surface area contributed by atoms with Gasteiger partial charge < -0.3 is 16.4 Å². The lowest BCUT2D eigenvalue weighted by molar-refractivity contribution is -0.124. The van der Waals surface area contributed by atoms with Gasteiger partial charge in [0.1, 0.15) is 6.04 Å². The van der Waals surface area contributed by atoms with E-state index in [0.717, 1.165) is 11.3 Å². The van der Waals surface area contributed by atoms with E-state index in [1.165, 1.54) is 11.3 Å². The molecule has 1 saturated heterocycles. The van der Waals surface area contributed by atoms with Crippen molar-refractivity contribution in [3.63, 3.8) is 0 Å². The van der Waals surface area contributed by atoms with Gasteiger partial charge in [-0.05, 0) is 25.0 Å². The van der Waals surface area contributed by atoms with Gasteiger partial charge in [0, 0.05) is 6.54 Å². The Hall–Kier alpha value is -1.84. The van der Waals surface area contributed by atoms with Gasteiger partial charge in [-0.2, -0.15) is 0 Å². The molecular formula is C13H15N3O2S. The van der Waals surface area contributed by atoms with Crippen LogP contribution < -0.4 is 16.4 Å². The summed E-state index contributed by atoms with van der Waals surface area (Å²) in [6, 6.07) is 3.06. The number of nitrogens with one attached hydrogen (secondary N) is 2. The Kier molecular flexibility index (Phi) is 4.55. The van der Waals surface area contributed by atoms with E-state index in [1.807, 2.05) is 0 Å². The van der Waals surface area contributed by atoms with Crippen molar-refractivity contribution >= 4 is 23.2 Å². The standard InChI is InChI=1S/C13H15N3O2S/c14-7-1-3-9-5-6-11(19-9)13(18)16-10-4-2-8-15-12(10)17/h5-6,10H,2,4,7-8,14H2,(H,15,17)(H,16,18). The normalized spacial score (nSPS) is 18.2. The molecule has 1 aromatic heterocycles. The summed E-state index contributed by atoms with van der Waals surface area (Å²) in [4.78, 5) is 24.9. The number of carbonyl (C=O) groups is 2. The van der Waals surface area contributed by atoms with Crippen LogP contribution >= 0.6 is 11.3 Å². The summed E-state index contributed by atoms with van der Waals surface area (Å²) in [5.74, 6) is 5.27. The zero-order valence-electron chi connectivity index (χ0n) is 10.4. The van der Waals surface area contributed by atoms with Crippen molar-refractivity contribution in [3.05, 3.63) is 21.9 Å². The lowest BCUT2D eigenvalue weighted by Crippen LogP contribution is -2.50. The third-order valence-corrected chi connectivity index (χ3v) is 3.73. The first-order chi connectivity index (χ1) is 9.20. The molecule has 0 radical (unpaired) electrons. The highest BCUT2D eigenvalue weighted by Gasteiger charge is 2.24. The third kappa shape index (κ3) is 3.56. The maximum absolute atomic E-state index is 12.0. The molecule has 2 rings (SSSR count). The third-order valence-electron chi connectivity index (χ3n) is 2.73. The van der Waals surface area contributed by atoms with Crippen LogP contribution in [0.2, 0.25) is 0 Å². The van der Waals surface area contributed by atoms with E-state index in [0.29, 0.717) is 24.4 Å². The number of piperidine rings is 1. The van der Waals surface area contributed by atoms with Crippen LogP contribution in [0.15, 0.2) is 12.1 Å². The number of rotatable bonds is 2. The molecule has 1 aromatic rings. The minimum absolute atomic E-state index is 0.112. The molecule has 1 aliphatic heterocycles. The fraction of sp³-hybridized carbons (Fsp3) is 0.385. The Bertz CT molecular complexity index is 542. The van der Waals surface area contributed by atoms with Crippen molar-refractivity contribution in [2.45, 2.75) is 18.9 Å². The van der Waals surface area contributed by atoms with Crippen LogP contribution in [0.4, 0.5) is 0 Å². The molecule has 0 aliphatic carbocycles. The predicted molar refractivity (Wildman–Crippen MR) is 73.7 cm³/mol. The van der Waals surface area contributed by atoms with Gasteiger partial charge in [-0.15, -0.1) is 11.3 Å². The zero-order chi connectivity index (χ0) is 13.7. The summed E-state index contributed by atoms with van der Waals surface area (Å²) in [5.41, 5.74) is 5.29. The van der Waals surface area contributed by atoms with Crippen LogP contribution in [0.3, 0.4) is 0 Å². The van der Waals surface area contributed by atoms with Gasteiger partial charge in [0.15, 0.2) is 0 Å². The van der Waals surface area contributed by atoms with Gasteiger partial charge in [-0.25, -0.2) is 0 Å². The Morgan fingerprint density at radius 2 is 2.42 bits per heavy atom. The molecule has 1 fully saturated rings. The maximum atomic E-state index is 12.0. The highest BCUT2D eigenvalue weighted by atomic mass is 32.1. The number of hydrogen-bond donors (Lipinski definition) is 3. The Balaban J connectivity index is 1.99. The van der Waals surface area contributed by atoms with Crippen LogP contribution in [-0.2, 0) is 4.79 Å². The highest BCUT2D eigenvalue weighted by Crippen LogP contribution is 2.16. The molecular weight excluding hydrogens is 262 g/mol. The van der Waals surface area contributed by atoms with Gasteiger partial charge in [-0.1, -0.05) is 11.8 Å². The lowest BCUT2D eigenvalue weighted by Gasteiger charge is -2.22. The average molecular weight is 277 g/mol. The maximum Gasteiger partial charge on any atom is 0.262 e. The molecule has 0 saturated carbocycles. The van der Waals surface area contributed by atoms with E-state index < -0.39 is 6.04 Å². The van der Waals surface area contributed by atoms with Crippen LogP contribution in [-0.4, -0.2) is 30.9 Å². The molecule has 6 heteroatoms. The van der Waals surface area contributed by atoms with E-state index >= 15 is 0 Å². The van der Waals surface area contributed by atoms with Gasteiger partial charge in [-0.3, -0.25) is 9.59 Å². The van der Waals surface area contributed by atoms with Crippen molar-refractivity contribution in [1.29, 1.82) is 0 Å². The van der Waals surface area contributed by atoms with Gasteiger partial charge in [0.2, 0.25) is 5.91 Å². The van der Waals surface area contributed by atoms with E-state index in [9.17, 15) is 9.59 Å². The Labute approximate surface area is 115 Å². The smallest absolute Gasteiger partial charge is 0.262 e. The van der Waals surface area contributed by atoms with Crippen molar-refractivity contribution in [3.8, 4) is 11.8 Å². The first kappa shape index (κ1) is 13.6. The number of carbonyl (C=O) groups excluding carboxylic acids is 2. The van der Waals surface area contributed by atoms with Crippen LogP contribution in [0, 0.1) is 11.8 Å². The molecule has 2 heterocycles. The summed E-state index contributed by atoms with van der Waals surface area (Å²) in [7, 11) is 0. The second kappa shape index (κ2) is 6.36. The van der Waals surface area contributed by atoms with E-state index in [4.69, 9.17) is 5.73 Å². The van der Waals surface area contributed by atoms with Crippen LogP contribution in [0.25, 0.3) is 0 Å². The van der Waals surface area contributed by atoms with Crippen LogP contribution in [0.5, 0.6) is 0 Å². The van der Waals surface area contributed by atoms with Gasteiger partial charge in [0.25, 0.3) is 5.91 Å². The van der Waals surface area contributed by atoms with E-state index in [-0.39, 0.29) is 11.8 Å². The first-order valence-electron chi connectivity index (χ1n) is 6.08. The largest absolute Gasteiger partial charge is 0.354 e. The fourth-order valence-corrected chi connectivity index (χ4v) is 2.59. The van der Waals surface area contributed by atoms with E-state index in [2.05, 4.69) is 22.5 Å². The van der Waals surface area contributed by atoms with Gasteiger partial charge in [0.05, 0.1) is 16.3 Å². The average Bonchev–Trinajstić information content (AvgIpc) is 2.88. The number of amides is 2. The number of nitrogens with two attached hydrogens (primary N) is 1. The summed E-state index contributed by atoms with van der Waals surface area (Å²) >= 11 is 1.30. The molecule has 1 atom stereocenters. The Morgan fingerprint density at radius 1 is 1.58 bits per heavy atom. The topological polar surface area (TPSA) is 84.2 Å². The minimum Gasteiger partial charge on any atom is -0.354 e. The number of thiophene rings is 1. The predicted octanol–water partition coefficient (Wildman–Crippen LogP) is 0.0667. The fourth-order valence-electron chi connectivity index (χ4n) is 1.80.